The van der Waals surface area contributed by atoms with Gasteiger partial charge in [-0.25, -0.2) is 4.99 Å². The zero-order chi connectivity index (χ0) is 17.3. The molecule has 2 aliphatic heterocycles. The number of aliphatic hydroxyl groups is 1. The topological polar surface area (TPSA) is 83.4 Å². The van der Waals surface area contributed by atoms with E-state index in [4.69, 9.17) is 14.6 Å². The van der Waals surface area contributed by atoms with Gasteiger partial charge in [0.2, 0.25) is 11.9 Å². The molecule has 3 rings (SSSR count). The maximum atomic E-state index is 12.2. The van der Waals surface area contributed by atoms with Crippen LogP contribution in [0.2, 0.25) is 0 Å². The van der Waals surface area contributed by atoms with Crippen LogP contribution in [0.4, 0.5) is 5.69 Å². The van der Waals surface area contributed by atoms with Gasteiger partial charge in [-0.1, -0.05) is 13.8 Å². The largest absolute Gasteiger partial charge is 0.492 e. The molecule has 0 bridgehead atoms. The van der Waals surface area contributed by atoms with Crippen LogP contribution < -0.4 is 14.8 Å². The number of ether oxygens (including phenoxy) is 2. The van der Waals surface area contributed by atoms with Crippen molar-refractivity contribution in [3.8, 4) is 11.5 Å². The highest BCUT2D eigenvalue weighted by molar-refractivity contribution is 6.08. The summed E-state index contributed by atoms with van der Waals surface area (Å²) in [7, 11) is 1.60. The molecule has 0 spiro atoms. The summed E-state index contributed by atoms with van der Waals surface area (Å²) >= 11 is 0. The average Bonchev–Trinajstić information content (AvgIpc) is 2.87. The lowest BCUT2D eigenvalue weighted by Crippen LogP contribution is -2.40. The van der Waals surface area contributed by atoms with Gasteiger partial charge < -0.3 is 19.5 Å². The van der Waals surface area contributed by atoms with Crippen LogP contribution in [0.3, 0.4) is 0 Å². The molecular formula is C17H23N3O4. The predicted octanol–water partition coefficient (Wildman–Crippen LogP) is 1.41. The molecule has 0 aliphatic carbocycles. The van der Waals surface area contributed by atoms with Crippen LogP contribution in [0.1, 0.15) is 25.8 Å². The van der Waals surface area contributed by atoms with Crippen molar-refractivity contribution >= 4 is 17.6 Å². The maximum Gasteiger partial charge on any atom is 0.249 e. The van der Waals surface area contributed by atoms with Crippen LogP contribution in [-0.2, 0) is 11.3 Å². The number of benzene rings is 1. The Morgan fingerprint density at radius 2 is 2.25 bits per heavy atom. The number of nitrogens with one attached hydrogen (secondary N) is 1. The number of nitrogens with zero attached hydrogens (tertiary/aromatic N) is 2. The fraction of sp³-hybridized carbons (Fsp3) is 0.529. The van der Waals surface area contributed by atoms with Gasteiger partial charge in [-0.05, 0) is 18.1 Å². The number of methoxy groups -OCH3 is 1. The number of hydrogen-bond acceptors (Lipinski definition) is 6. The van der Waals surface area contributed by atoms with Gasteiger partial charge in [0.1, 0.15) is 6.04 Å². The van der Waals surface area contributed by atoms with Crippen molar-refractivity contribution in [1.82, 2.24) is 10.2 Å². The second-order valence-corrected chi connectivity index (χ2v) is 6.26. The molecule has 0 saturated carbocycles. The van der Waals surface area contributed by atoms with Gasteiger partial charge in [0, 0.05) is 18.6 Å². The molecule has 0 radical (unpaired) electrons. The summed E-state index contributed by atoms with van der Waals surface area (Å²) in [5.74, 6) is 2.02. The highest BCUT2D eigenvalue weighted by atomic mass is 16.5. The van der Waals surface area contributed by atoms with E-state index < -0.39 is 0 Å². The molecular weight excluding hydrogens is 310 g/mol. The molecule has 7 heteroatoms. The SMILES string of the molecule is COc1c(OCCCO)ccc2c1CN1C(=N2)NC(=O)C1C(C)C. The van der Waals surface area contributed by atoms with Crippen molar-refractivity contribution in [3.05, 3.63) is 17.7 Å². The van der Waals surface area contributed by atoms with E-state index in [1.807, 2.05) is 30.9 Å². The fourth-order valence-corrected chi connectivity index (χ4v) is 3.18. The third-order valence-corrected chi connectivity index (χ3v) is 4.26. The normalized spacial score (nSPS) is 18.9. The molecule has 1 saturated heterocycles. The Morgan fingerprint density at radius 3 is 2.92 bits per heavy atom. The molecule has 130 valence electrons. The summed E-state index contributed by atoms with van der Waals surface area (Å²) in [6.07, 6.45) is 0.558. The van der Waals surface area contributed by atoms with Gasteiger partial charge in [0.15, 0.2) is 11.5 Å². The molecule has 1 unspecified atom stereocenters. The minimum absolute atomic E-state index is 0.0186. The number of fused-ring (bicyclic) bond motifs is 2. The molecule has 1 fully saturated rings. The van der Waals surface area contributed by atoms with Crippen molar-refractivity contribution in [2.75, 3.05) is 20.3 Å². The zero-order valence-electron chi connectivity index (χ0n) is 14.2. The molecule has 1 aromatic rings. The highest BCUT2D eigenvalue weighted by Crippen LogP contribution is 2.41. The predicted molar refractivity (Wildman–Crippen MR) is 89.6 cm³/mol. The van der Waals surface area contributed by atoms with Gasteiger partial charge in [-0.15, -0.1) is 0 Å². The summed E-state index contributed by atoms with van der Waals surface area (Å²) in [5.41, 5.74) is 1.68. The third-order valence-electron chi connectivity index (χ3n) is 4.26. The lowest BCUT2D eigenvalue weighted by molar-refractivity contribution is -0.122. The van der Waals surface area contributed by atoms with Crippen LogP contribution in [0, 0.1) is 5.92 Å². The Morgan fingerprint density at radius 1 is 1.46 bits per heavy atom. The molecule has 1 amide bonds. The van der Waals surface area contributed by atoms with Crippen molar-refractivity contribution in [3.63, 3.8) is 0 Å². The first-order valence-electron chi connectivity index (χ1n) is 8.16. The first kappa shape index (κ1) is 16.6. The Hall–Kier alpha value is -2.28. The highest BCUT2D eigenvalue weighted by Gasteiger charge is 2.41. The molecule has 2 aliphatic rings. The summed E-state index contributed by atoms with van der Waals surface area (Å²) in [4.78, 5) is 18.8. The van der Waals surface area contributed by atoms with Crippen molar-refractivity contribution in [1.29, 1.82) is 0 Å². The Labute approximate surface area is 141 Å². The van der Waals surface area contributed by atoms with Crippen molar-refractivity contribution < 1.29 is 19.4 Å². The van der Waals surface area contributed by atoms with Crippen LogP contribution in [-0.4, -0.2) is 48.2 Å². The smallest absolute Gasteiger partial charge is 0.249 e. The maximum absolute atomic E-state index is 12.2. The lowest BCUT2D eigenvalue weighted by atomic mass is 10.0. The van der Waals surface area contributed by atoms with E-state index in [0.717, 1.165) is 11.3 Å². The summed E-state index contributed by atoms with van der Waals surface area (Å²) in [6.45, 7) is 5.08. The number of amides is 1. The van der Waals surface area contributed by atoms with Crippen LogP contribution >= 0.6 is 0 Å². The number of hydrogen-bond donors (Lipinski definition) is 2. The number of aliphatic imine (C=N–C) groups is 1. The fourth-order valence-electron chi connectivity index (χ4n) is 3.18. The number of guanidine groups is 1. The van der Waals surface area contributed by atoms with Crippen LogP contribution in [0.5, 0.6) is 11.5 Å². The number of aliphatic hydroxyl groups excluding tert-OH is 1. The number of carbonyl (C=O) groups excluding carboxylic acids is 1. The van der Waals surface area contributed by atoms with E-state index >= 15 is 0 Å². The zero-order valence-corrected chi connectivity index (χ0v) is 14.2. The molecule has 2 N–H and O–H groups in total. The summed E-state index contributed by atoms with van der Waals surface area (Å²) < 4.78 is 11.3. The third kappa shape index (κ3) is 2.80. The van der Waals surface area contributed by atoms with Gasteiger partial charge in [-0.3, -0.25) is 10.1 Å². The minimum atomic E-state index is -0.236. The first-order chi connectivity index (χ1) is 11.6. The molecule has 24 heavy (non-hydrogen) atoms. The van der Waals surface area contributed by atoms with Crippen molar-refractivity contribution in [2.24, 2.45) is 10.9 Å². The molecule has 1 atom stereocenters. The minimum Gasteiger partial charge on any atom is -0.492 e. The second-order valence-electron chi connectivity index (χ2n) is 6.26. The van der Waals surface area contributed by atoms with E-state index in [0.29, 0.717) is 37.0 Å². The van der Waals surface area contributed by atoms with E-state index in [-0.39, 0.29) is 24.5 Å². The first-order valence-corrected chi connectivity index (χ1v) is 8.16. The number of rotatable bonds is 6. The molecule has 1 aromatic carbocycles. The van der Waals surface area contributed by atoms with Gasteiger partial charge in [0.05, 0.1) is 25.9 Å². The lowest BCUT2D eigenvalue weighted by Gasteiger charge is -2.30. The second kappa shape index (κ2) is 6.68. The standard InChI is InChI=1S/C17H23N3O4/c1-10(2)14-16(22)19-17-18-12-5-6-13(24-8-4-7-21)15(23-3)11(12)9-20(14)17/h5-6,10,14,21H,4,7-9H2,1-3H3,(H,18,19,22). The van der Waals surface area contributed by atoms with E-state index in [9.17, 15) is 4.79 Å². The molecule has 2 heterocycles. The van der Waals surface area contributed by atoms with E-state index in [1.165, 1.54) is 0 Å². The average molecular weight is 333 g/mol. The summed E-state index contributed by atoms with van der Waals surface area (Å²) in [6, 6.07) is 3.44. The Balaban J connectivity index is 1.94. The number of carbonyl (C=O) groups is 1. The monoisotopic (exact) mass is 333 g/mol. The Kier molecular flexibility index (Phi) is 4.62. The quantitative estimate of drug-likeness (QED) is 0.769. The van der Waals surface area contributed by atoms with Crippen molar-refractivity contribution in [2.45, 2.75) is 32.9 Å². The molecule has 7 nitrogen and oxygen atoms in total. The van der Waals surface area contributed by atoms with Crippen LogP contribution in [0.25, 0.3) is 0 Å². The van der Waals surface area contributed by atoms with E-state index in [1.54, 1.807) is 7.11 Å². The van der Waals surface area contributed by atoms with Gasteiger partial charge >= 0.3 is 0 Å². The van der Waals surface area contributed by atoms with Gasteiger partial charge in [-0.2, -0.15) is 0 Å². The van der Waals surface area contributed by atoms with Crippen LogP contribution in [0.15, 0.2) is 17.1 Å². The van der Waals surface area contributed by atoms with Gasteiger partial charge in [0.25, 0.3) is 0 Å². The van der Waals surface area contributed by atoms with E-state index in [2.05, 4.69) is 10.3 Å². The summed E-state index contributed by atoms with van der Waals surface area (Å²) in [5, 5.41) is 11.8. The molecule has 0 aromatic heterocycles. The Bertz CT molecular complexity index is 672.